The van der Waals surface area contributed by atoms with Crippen LogP contribution in [-0.4, -0.2) is 62.9 Å². The number of ether oxygens (including phenoxy) is 3. The van der Waals surface area contributed by atoms with Gasteiger partial charge in [-0.05, 0) is 48.1 Å². The van der Waals surface area contributed by atoms with E-state index in [4.69, 9.17) is 14.2 Å². The first-order valence-electron chi connectivity index (χ1n) is 10.1. The van der Waals surface area contributed by atoms with Crippen LogP contribution in [0.4, 0.5) is 0 Å². The van der Waals surface area contributed by atoms with Gasteiger partial charge in [0.05, 0.1) is 20.3 Å². The molecule has 7 heteroatoms. The summed E-state index contributed by atoms with van der Waals surface area (Å²) in [6, 6.07) is 9.09. The topological polar surface area (TPSA) is 34.2 Å². The molecule has 1 atom stereocenters. The predicted octanol–water partition coefficient (Wildman–Crippen LogP) is 4.01. The van der Waals surface area contributed by atoms with Crippen molar-refractivity contribution >= 4 is 23.7 Å². The molecule has 0 N–H and O–H groups in total. The second-order valence-electron chi connectivity index (χ2n) is 7.48. The van der Waals surface area contributed by atoms with Gasteiger partial charge < -0.3 is 14.2 Å². The first-order valence-corrected chi connectivity index (χ1v) is 11.0. The number of morpholine rings is 1. The van der Waals surface area contributed by atoms with Gasteiger partial charge in [-0.2, -0.15) is 0 Å². The number of fused-ring (bicyclic) bond motifs is 1. The molecule has 1 fully saturated rings. The van der Waals surface area contributed by atoms with Crippen molar-refractivity contribution in [2.24, 2.45) is 0 Å². The van der Waals surface area contributed by atoms with Gasteiger partial charge in [0, 0.05) is 43.6 Å². The Balaban J connectivity index is 0.00000240. The van der Waals surface area contributed by atoms with Crippen LogP contribution in [0.25, 0.3) is 0 Å². The van der Waals surface area contributed by atoms with Gasteiger partial charge in [-0.3, -0.25) is 9.80 Å². The van der Waals surface area contributed by atoms with E-state index in [0.29, 0.717) is 12.6 Å². The van der Waals surface area contributed by atoms with E-state index in [0.717, 1.165) is 63.9 Å². The summed E-state index contributed by atoms with van der Waals surface area (Å²) in [6.45, 7) is 9.54. The summed E-state index contributed by atoms with van der Waals surface area (Å²) in [7, 11) is 1.72. The van der Waals surface area contributed by atoms with Gasteiger partial charge in [0.2, 0.25) is 0 Å². The minimum Gasteiger partial charge on any atom is -0.493 e. The van der Waals surface area contributed by atoms with Crippen molar-refractivity contribution in [1.29, 1.82) is 0 Å². The zero-order valence-corrected chi connectivity index (χ0v) is 18.9. The van der Waals surface area contributed by atoms with E-state index in [9.17, 15) is 0 Å². The molecular formula is C22H31ClN2O3S. The van der Waals surface area contributed by atoms with Crippen molar-refractivity contribution in [1.82, 2.24) is 9.80 Å². The van der Waals surface area contributed by atoms with Crippen molar-refractivity contribution in [3.8, 4) is 11.5 Å². The molecule has 160 valence electrons. The summed E-state index contributed by atoms with van der Waals surface area (Å²) in [5.41, 5.74) is 2.76. The van der Waals surface area contributed by atoms with E-state index in [2.05, 4.69) is 46.4 Å². The molecule has 0 amide bonds. The van der Waals surface area contributed by atoms with Crippen LogP contribution >= 0.6 is 23.7 Å². The third kappa shape index (κ3) is 5.44. The number of benzene rings is 1. The van der Waals surface area contributed by atoms with Gasteiger partial charge >= 0.3 is 0 Å². The molecular weight excluding hydrogens is 408 g/mol. The van der Waals surface area contributed by atoms with Gasteiger partial charge in [-0.25, -0.2) is 0 Å². The lowest BCUT2D eigenvalue weighted by molar-refractivity contribution is 0.0321. The van der Waals surface area contributed by atoms with Gasteiger partial charge in [0.15, 0.2) is 11.5 Å². The summed E-state index contributed by atoms with van der Waals surface area (Å²) in [6.07, 6.45) is 1.15. The Bertz CT molecular complexity index is 779. The molecule has 0 saturated carbocycles. The summed E-state index contributed by atoms with van der Waals surface area (Å²) >= 11 is 1.89. The van der Waals surface area contributed by atoms with E-state index < -0.39 is 0 Å². The van der Waals surface area contributed by atoms with Crippen molar-refractivity contribution in [3.05, 3.63) is 45.6 Å². The molecule has 2 aromatic rings. The minimum atomic E-state index is 0. The number of halogens is 1. The summed E-state index contributed by atoms with van der Waals surface area (Å²) in [5.74, 6) is 1.65. The van der Waals surface area contributed by atoms with Crippen LogP contribution < -0.4 is 9.47 Å². The van der Waals surface area contributed by atoms with Gasteiger partial charge in [-0.1, -0.05) is 6.07 Å². The quantitative estimate of drug-likeness (QED) is 0.652. The first-order chi connectivity index (χ1) is 13.7. The third-order valence-electron chi connectivity index (χ3n) is 5.79. The average molecular weight is 439 g/mol. The summed E-state index contributed by atoms with van der Waals surface area (Å²) in [5, 5.41) is 2.22. The molecule has 5 nitrogen and oxygen atoms in total. The molecule has 4 rings (SSSR count). The Labute approximate surface area is 184 Å². The number of rotatable bonds is 7. The number of hydrogen-bond acceptors (Lipinski definition) is 6. The fourth-order valence-electron chi connectivity index (χ4n) is 4.05. The Morgan fingerprint density at radius 1 is 1.14 bits per heavy atom. The molecule has 1 unspecified atom stereocenters. The van der Waals surface area contributed by atoms with Crippen LogP contribution in [0.3, 0.4) is 0 Å². The van der Waals surface area contributed by atoms with Crippen LogP contribution in [0.5, 0.6) is 11.5 Å². The van der Waals surface area contributed by atoms with Crippen molar-refractivity contribution < 1.29 is 14.2 Å². The van der Waals surface area contributed by atoms with E-state index >= 15 is 0 Å². The van der Waals surface area contributed by atoms with Gasteiger partial charge in [0.25, 0.3) is 0 Å². The molecule has 29 heavy (non-hydrogen) atoms. The lowest BCUT2D eigenvalue weighted by atomic mass is 10.0. The predicted molar refractivity (Wildman–Crippen MR) is 120 cm³/mol. The summed E-state index contributed by atoms with van der Waals surface area (Å²) < 4.78 is 17.0. The van der Waals surface area contributed by atoms with Crippen molar-refractivity contribution in [2.75, 3.05) is 53.1 Å². The highest BCUT2D eigenvalue weighted by atomic mass is 35.5. The molecule has 0 radical (unpaired) electrons. The first kappa shape index (κ1) is 22.4. The average Bonchev–Trinajstić information content (AvgIpc) is 3.21. The molecule has 0 bridgehead atoms. The lowest BCUT2D eigenvalue weighted by Crippen LogP contribution is -2.38. The molecule has 0 spiro atoms. The number of methoxy groups -OCH3 is 1. The lowest BCUT2D eigenvalue weighted by Gasteiger charge is -2.33. The normalized spacial score (nSPS) is 20.0. The third-order valence-corrected chi connectivity index (χ3v) is 6.78. The Hall–Kier alpha value is -1.31. The Morgan fingerprint density at radius 2 is 1.97 bits per heavy atom. The molecule has 3 heterocycles. The second kappa shape index (κ2) is 10.6. The van der Waals surface area contributed by atoms with Crippen LogP contribution in [0.15, 0.2) is 29.6 Å². The fourth-order valence-corrected chi connectivity index (χ4v) is 5.01. The Kier molecular flexibility index (Phi) is 8.21. The van der Waals surface area contributed by atoms with Crippen LogP contribution in [0.1, 0.15) is 29.0 Å². The number of nitrogens with zero attached hydrogens (tertiary/aromatic N) is 2. The monoisotopic (exact) mass is 438 g/mol. The number of thiophene rings is 1. The highest BCUT2D eigenvalue weighted by Gasteiger charge is 2.24. The van der Waals surface area contributed by atoms with E-state index in [1.54, 1.807) is 12.0 Å². The van der Waals surface area contributed by atoms with Gasteiger partial charge in [-0.15, -0.1) is 23.7 Å². The maximum Gasteiger partial charge on any atom is 0.161 e. The molecule has 1 aromatic carbocycles. The summed E-state index contributed by atoms with van der Waals surface area (Å²) in [4.78, 5) is 6.47. The highest BCUT2D eigenvalue weighted by Crippen LogP contribution is 2.35. The zero-order chi connectivity index (χ0) is 19.3. The SMILES string of the molecule is COc1cc(CN2CCc3sccc3C2C)ccc1OCCN1CCOCC1.Cl. The van der Waals surface area contributed by atoms with Gasteiger partial charge in [0.1, 0.15) is 6.61 Å². The maximum atomic E-state index is 6.01. The van der Waals surface area contributed by atoms with E-state index in [1.807, 2.05) is 11.3 Å². The van der Waals surface area contributed by atoms with Crippen LogP contribution in [-0.2, 0) is 17.7 Å². The zero-order valence-electron chi connectivity index (χ0n) is 17.3. The standard InChI is InChI=1S/C22H30N2O3S.ClH/c1-17-19-6-14-28-22(19)5-7-24(17)16-18-3-4-20(21(15-18)25-2)27-13-10-23-8-11-26-12-9-23;/h3-4,6,14-15,17H,5,7-13,16H2,1-2H3;1H. The molecule has 1 aromatic heterocycles. The van der Waals surface area contributed by atoms with E-state index in [1.165, 1.54) is 11.1 Å². The molecule has 2 aliphatic rings. The maximum absolute atomic E-state index is 6.01. The molecule has 2 aliphatic heterocycles. The molecule has 0 aliphatic carbocycles. The minimum absolute atomic E-state index is 0. The largest absolute Gasteiger partial charge is 0.493 e. The fraction of sp³-hybridized carbons (Fsp3) is 0.545. The van der Waals surface area contributed by atoms with Crippen LogP contribution in [0.2, 0.25) is 0 Å². The molecule has 1 saturated heterocycles. The second-order valence-corrected chi connectivity index (χ2v) is 8.48. The Morgan fingerprint density at radius 3 is 2.76 bits per heavy atom. The van der Waals surface area contributed by atoms with Crippen molar-refractivity contribution in [2.45, 2.75) is 25.9 Å². The van der Waals surface area contributed by atoms with Crippen molar-refractivity contribution in [3.63, 3.8) is 0 Å². The smallest absolute Gasteiger partial charge is 0.161 e. The highest BCUT2D eigenvalue weighted by molar-refractivity contribution is 7.10. The van der Waals surface area contributed by atoms with E-state index in [-0.39, 0.29) is 12.4 Å². The number of hydrogen-bond donors (Lipinski definition) is 0. The van der Waals surface area contributed by atoms with Crippen LogP contribution in [0, 0.1) is 0 Å².